The molecule has 0 fully saturated rings. The Morgan fingerprint density at radius 2 is 1.15 bits per heavy atom. The highest BCUT2D eigenvalue weighted by Crippen LogP contribution is 2.62. The molecule has 0 unspecified atom stereocenters. The lowest BCUT2D eigenvalue weighted by Crippen LogP contribution is -2.25. The van der Waals surface area contributed by atoms with Crippen LogP contribution >= 0.6 is 15.9 Å². The summed E-state index contributed by atoms with van der Waals surface area (Å²) in [6, 6.07) is 46.0. The zero-order valence-electron chi connectivity index (χ0n) is 21.7. The summed E-state index contributed by atoms with van der Waals surface area (Å²) >= 11 is 3.90. The van der Waals surface area contributed by atoms with E-state index in [1.807, 2.05) is 12.3 Å². The summed E-state index contributed by atoms with van der Waals surface area (Å²) in [5, 5.41) is 0. The molecule has 0 N–H and O–H groups in total. The van der Waals surface area contributed by atoms with Crippen LogP contribution in [0.15, 0.2) is 138 Å². The highest BCUT2D eigenvalue weighted by Gasteiger charge is 2.52. The molecule has 6 aromatic rings. The van der Waals surface area contributed by atoms with Crippen LogP contribution in [-0.2, 0) is 5.41 Å². The molecule has 2 aliphatic carbocycles. The van der Waals surface area contributed by atoms with Gasteiger partial charge in [0.25, 0.3) is 0 Å². The molecule has 1 aromatic heterocycles. The second-order valence-corrected chi connectivity index (χ2v) is 11.3. The van der Waals surface area contributed by atoms with Crippen molar-refractivity contribution in [3.63, 3.8) is 0 Å². The van der Waals surface area contributed by atoms with Gasteiger partial charge in [0.15, 0.2) is 0 Å². The molecule has 1 nitrogen and oxygen atoms in total. The predicted molar refractivity (Wildman–Crippen MR) is 169 cm³/mol. The average Bonchev–Trinajstić information content (AvgIpc) is 3.48. The van der Waals surface area contributed by atoms with Gasteiger partial charge >= 0.3 is 0 Å². The van der Waals surface area contributed by atoms with E-state index in [9.17, 15) is 0 Å². The number of fused-ring (bicyclic) bond motifs is 10. The quantitative estimate of drug-likeness (QED) is 0.191. The summed E-state index contributed by atoms with van der Waals surface area (Å²) in [6.45, 7) is 0. The van der Waals surface area contributed by atoms with Gasteiger partial charge in [0.2, 0.25) is 0 Å². The first-order valence-electron chi connectivity index (χ1n) is 13.6. The molecule has 0 atom stereocenters. The Bertz CT molecular complexity index is 1900. The molecule has 0 saturated heterocycles. The number of rotatable bonds is 3. The molecule has 0 radical (unpaired) electrons. The van der Waals surface area contributed by atoms with Crippen LogP contribution in [-0.4, -0.2) is 4.98 Å². The van der Waals surface area contributed by atoms with Gasteiger partial charge in [-0.1, -0.05) is 137 Å². The Morgan fingerprint density at radius 1 is 0.500 bits per heavy atom. The van der Waals surface area contributed by atoms with Crippen molar-refractivity contribution >= 4 is 28.1 Å². The standard InChI is InChI=1S/C38H24BrN/c39-36-23-26(17-16-25-9-2-1-3-10-25)18-20-28(36)27-19-21-31-35(24-27)38(34-15-8-22-40-37(31)34)32-13-6-4-11-29(32)30-12-5-7-14-33(30)38/h1-24H. The minimum atomic E-state index is -0.382. The highest BCUT2D eigenvalue weighted by molar-refractivity contribution is 9.10. The maximum Gasteiger partial charge on any atom is 0.0753 e. The van der Waals surface area contributed by atoms with Crippen molar-refractivity contribution < 1.29 is 0 Å². The summed E-state index contributed by atoms with van der Waals surface area (Å²) in [7, 11) is 0. The fourth-order valence-electron chi connectivity index (χ4n) is 6.74. The minimum absolute atomic E-state index is 0.382. The Labute approximate surface area is 242 Å². The number of halogens is 1. The Kier molecular flexibility index (Phi) is 5.26. The number of pyridine rings is 1. The SMILES string of the molecule is Brc1cc(C=Cc2ccccc2)ccc1-c1ccc2c(c1)C1(c3ccccc3-c3ccccc31)c1cccnc1-2. The normalized spacial score (nSPS) is 13.7. The molecule has 1 heterocycles. The molecule has 0 aliphatic heterocycles. The maximum absolute atomic E-state index is 4.93. The van der Waals surface area contributed by atoms with Gasteiger partial charge in [-0.05, 0) is 73.8 Å². The number of nitrogens with zero attached hydrogens (tertiary/aromatic N) is 1. The van der Waals surface area contributed by atoms with E-state index in [2.05, 4.69) is 149 Å². The fraction of sp³-hybridized carbons (Fsp3) is 0.0263. The van der Waals surface area contributed by atoms with Crippen molar-refractivity contribution in [2.75, 3.05) is 0 Å². The monoisotopic (exact) mass is 573 g/mol. The van der Waals surface area contributed by atoms with Gasteiger partial charge in [-0.15, -0.1) is 0 Å². The van der Waals surface area contributed by atoms with Crippen LogP contribution < -0.4 is 0 Å². The molecule has 0 saturated carbocycles. The molecular weight excluding hydrogens is 550 g/mol. The summed E-state index contributed by atoms with van der Waals surface area (Å²) in [6.07, 6.45) is 6.23. The van der Waals surface area contributed by atoms with Crippen LogP contribution in [0.25, 0.3) is 45.7 Å². The van der Waals surface area contributed by atoms with Gasteiger partial charge in [0, 0.05) is 16.2 Å². The van der Waals surface area contributed by atoms with Gasteiger partial charge in [0.1, 0.15) is 0 Å². The summed E-state index contributed by atoms with van der Waals surface area (Å²) in [4.78, 5) is 4.93. The Morgan fingerprint density at radius 3 is 1.90 bits per heavy atom. The third kappa shape index (κ3) is 3.30. The van der Waals surface area contributed by atoms with Gasteiger partial charge in [-0.3, -0.25) is 4.98 Å². The maximum atomic E-state index is 4.93. The van der Waals surface area contributed by atoms with Crippen LogP contribution in [0.5, 0.6) is 0 Å². The van der Waals surface area contributed by atoms with Crippen molar-refractivity contribution in [1.29, 1.82) is 0 Å². The van der Waals surface area contributed by atoms with E-state index < -0.39 is 0 Å². The second kappa shape index (κ2) is 9.01. The van der Waals surface area contributed by atoms with E-state index in [4.69, 9.17) is 4.98 Å². The fourth-order valence-corrected chi connectivity index (χ4v) is 7.36. The van der Waals surface area contributed by atoms with Crippen LogP contribution in [0.2, 0.25) is 0 Å². The van der Waals surface area contributed by atoms with Crippen molar-refractivity contribution in [2.45, 2.75) is 5.41 Å². The molecule has 0 bridgehead atoms. The van der Waals surface area contributed by atoms with E-state index in [1.165, 1.54) is 55.6 Å². The molecule has 8 rings (SSSR count). The first-order chi connectivity index (χ1) is 19.7. The molecule has 188 valence electrons. The lowest BCUT2D eigenvalue weighted by molar-refractivity contribution is 0.791. The van der Waals surface area contributed by atoms with Gasteiger partial charge < -0.3 is 0 Å². The van der Waals surface area contributed by atoms with E-state index in [-0.39, 0.29) is 5.41 Å². The zero-order valence-corrected chi connectivity index (χ0v) is 23.3. The first-order valence-corrected chi connectivity index (χ1v) is 14.4. The number of benzene rings is 5. The molecule has 2 heteroatoms. The van der Waals surface area contributed by atoms with Crippen molar-refractivity contribution in [2.24, 2.45) is 0 Å². The Hall–Kier alpha value is -4.53. The molecule has 1 spiro atoms. The third-order valence-electron chi connectivity index (χ3n) is 8.41. The highest BCUT2D eigenvalue weighted by atomic mass is 79.9. The molecular formula is C38H24BrN. The van der Waals surface area contributed by atoms with Gasteiger partial charge in [0.05, 0.1) is 11.1 Å². The smallest absolute Gasteiger partial charge is 0.0753 e. The van der Waals surface area contributed by atoms with Crippen LogP contribution in [0.4, 0.5) is 0 Å². The lowest BCUT2D eigenvalue weighted by Gasteiger charge is -2.30. The average molecular weight is 575 g/mol. The second-order valence-electron chi connectivity index (χ2n) is 10.5. The topological polar surface area (TPSA) is 12.9 Å². The van der Waals surface area contributed by atoms with Crippen molar-refractivity contribution in [3.05, 3.63) is 171 Å². The number of aromatic nitrogens is 1. The zero-order chi connectivity index (χ0) is 26.7. The van der Waals surface area contributed by atoms with Crippen LogP contribution in [0, 0.1) is 0 Å². The third-order valence-corrected chi connectivity index (χ3v) is 9.07. The molecule has 5 aromatic carbocycles. The lowest BCUT2D eigenvalue weighted by atomic mass is 9.70. The number of hydrogen-bond acceptors (Lipinski definition) is 1. The van der Waals surface area contributed by atoms with E-state index in [0.717, 1.165) is 15.7 Å². The summed E-state index contributed by atoms with van der Waals surface area (Å²) in [5.41, 5.74) is 14.5. The van der Waals surface area contributed by atoms with Crippen LogP contribution in [0.1, 0.15) is 33.4 Å². The summed E-state index contributed by atoms with van der Waals surface area (Å²) < 4.78 is 1.08. The van der Waals surface area contributed by atoms with Crippen molar-refractivity contribution in [1.82, 2.24) is 4.98 Å². The van der Waals surface area contributed by atoms with E-state index in [1.54, 1.807) is 0 Å². The molecule has 0 amide bonds. The molecule has 40 heavy (non-hydrogen) atoms. The largest absolute Gasteiger partial charge is 0.256 e. The van der Waals surface area contributed by atoms with E-state index >= 15 is 0 Å². The Balaban J connectivity index is 1.31. The number of hydrogen-bond donors (Lipinski definition) is 0. The predicted octanol–water partition coefficient (Wildman–Crippen LogP) is 10.0. The van der Waals surface area contributed by atoms with E-state index in [0.29, 0.717) is 0 Å². The van der Waals surface area contributed by atoms with Gasteiger partial charge in [-0.25, -0.2) is 0 Å². The van der Waals surface area contributed by atoms with Gasteiger partial charge in [-0.2, -0.15) is 0 Å². The first kappa shape index (κ1) is 23.4. The van der Waals surface area contributed by atoms with Crippen LogP contribution in [0.3, 0.4) is 0 Å². The summed E-state index contributed by atoms with van der Waals surface area (Å²) in [5.74, 6) is 0. The molecule has 2 aliphatic rings. The minimum Gasteiger partial charge on any atom is -0.256 e. The van der Waals surface area contributed by atoms with Crippen molar-refractivity contribution in [3.8, 4) is 33.5 Å².